The van der Waals surface area contributed by atoms with Crippen molar-refractivity contribution in [2.75, 3.05) is 18.1 Å². The van der Waals surface area contributed by atoms with Gasteiger partial charge in [0.1, 0.15) is 0 Å². The van der Waals surface area contributed by atoms with Crippen LogP contribution in [0.1, 0.15) is 53.4 Å². The van der Waals surface area contributed by atoms with Crippen LogP contribution in [0.15, 0.2) is 0 Å². The molecule has 0 aromatic rings. The van der Waals surface area contributed by atoms with Gasteiger partial charge in [0, 0.05) is 28.3 Å². The molecule has 0 aromatic carbocycles. The fourth-order valence-electron chi connectivity index (χ4n) is 1.63. The molecule has 0 aliphatic rings. The van der Waals surface area contributed by atoms with Crippen LogP contribution >= 0.6 is 0 Å². The van der Waals surface area contributed by atoms with Gasteiger partial charge in [0.25, 0.3) is 0 Å². The third kappa shape index (κ3) is 7.39. The fraction of sp³-hybridized carbons (Fsp3) is 1.00. The van der Waals surface area contributed by atoms with Crippen LogP contribution in [-0.2, 0) is 10.8 Å². The molecule has 0 saturated heterocycles. The largest absolute Gasteiger partial charge is 0.313 e. The first kappa shape index (κ1) is 16.1. The van der Waals surface area contributed by atoms with E-state index >= 15 is 0 Å². The lowest BCUT2D eigenvalue weighted by atomic mass is 10.0. The van der Waals surface area contributed by atoms with Gasteiger partial charge >= 0.3 is 0 Å². The third-order valence-corrected chi connectivity index (χ3v) is 4.55. The summed E-state index contributed by atoms with van der Waals surface area (Å²) in [4.78, 5) is 0. The van der Waals surface area contributed by atoms with Gasteiger partial charge in [0.05, 0.1) is 0 Å². The highest BCUT2D eigenvalue weighted by Gasteiger charge is 2.17. The SMILES string of the molecule is CCCCS(=O)CC(NCCC)C(C)CC. The summed E-state index contributed by atoms with van der Waals surface area (Å²) in [7, 11) is -0.638. The van der Waals surface area contributed by atoms with Crippen molar-refractivity contribution in [1.82, 2.24) is 5.32 Å². The second kappa shape index (κ2) is 10.3. The summed E-state index contributed by atoms with van der Waals surface area (Å²) in [5.74, 6) is 2.32. The number of nitrogens with one attached hydrogen (secondary N) is 1. The molecule has 0 aliphatic carbocycles. The molecule has 3 atom stereocenters. The quantitative estimate of drug-likeness (QED) is 0.643. The van der Waals surface area contributed by atoms with Gasteiger partial charge in [-0.15, -0.1) is 0 Å². The van der Waals surface area contributed by atoms with Gasteiger partial charge in [-0.3, -0.25) is 4.21 Å². The smallest absolute Gasteiger partial charge is 0.0391 e. The molecule has 98 valence electrons. The second-order valence-electron chi connectivity index (χ2n) is 4.61. The zero-order valence-electron chi connectivity index (χ0n) is 11.4. The van der Waals surface area contributed by atoms with E-state index in [0.29, 0.717) is 12.0 Å². The van der Waals surface area contributed by atoms with Gasteiger partial charge in [-0.25, -0.2) is 0 Å². The molecule has 2 nitrogen and oxygen atoms in total. The van der Waals surface area contributed by atoms with Crippen molar-refractivity contribution in [2.24, 2.45) is 5.92 Å². The zero-order chi connectivity index (χ0) is 12.4. The van der Waals surface area contributed by atoms with Gasteiger partial charge in [-0.2, -0.15) is 0 Å². The minimum atomic E-state index is -0.638. The van der Waals surface area contributed by atoms with Gasteiger partial charge in [0.15, 0.2) is 0 Å². The van der Waals surface area contributed by atoms with Crippen molar-refractivity contribution in [3.63, 3.8) is 0 Å². The van der Waals surface area contributed by atoms with Crippen molar-refractivity contribution < 1.29 is 4.21 Å². The molecule has 3 unspecified atom stereocenters. The van der Waals surface area contributed by atoms with Crippen LogP contribution in [0.2, 0.25) is 0 Å². The number of hydrogen-bond donors (Lipinski definition) is 1. The van der Waals surface area contributed by atoms with Gasteiger partial charge in [0.2, 0.25) is 0 Å². The summed E-state index contributed by atoms with van der Waals surface area (Å²) in [6.45, 7) is 9.83. The van der Waals surface area contributed by atoms with Crippen molar-refractivity contribution in [3.05, 3.63) is 0 Å². The Morgan fingerprint density at radius 3 is 2.38 bits per heavy atom. The highest BCUT2D eigenvalue weighted by molar-refractivity contribution is 7.85. The molecule has 0 aromatic heterocycles. The Balaban J connectivity index is 4.03. The number of hydrogen-bond acceptors (Lipinski definition) is 2. The van der Waals surface area contributed by atoms with Crippen LogP contribution in [-0.4, -0.2) is 28.3 Å². The summed E-state index contributed by atoms with van der Waals surface area (Å²) in [6.07, 6.45) is 4.54. The minimum absolute atomic E-state index is 0.433. The van der Waals surface area contributed by atoms with Crippen LogP contribution in [0.25, 0.3) is 0 Å². The lowest BCUT2D eigenvalue weighted by Crippen LogP contribution is -2.40. The molecule has 0 radical (unpaired) electrons. The van der Waals surface area contributed by atoms with Crippen molar-refractivity contribution >= 4 is 10.8 Å². The maximum atomic E-state index is 11.9. The molecule has 0 bridgehead atoms. The lowest BCUT2D eigenvalue weighted by molar-refractivity contribution is 0.394. The predicted octanol–water partition coefficient (Wildman–Crippen LogP) is 2.95. The lowest BCUT2D eigenvalue weighted by Gasteiger charge is -2.23. The molecular weight excluding hydrogens is 218 g/mol. The highest BCUT2D eigenvalue weighted by Crippen LogP contribution is 2.09. The Morgan fingerprint density at radius 2 is 1.88 bits per heavy atom. The van der Waals surface area contributed by atoms with Crippen molar-refractivity contribution in [2.45, 2.75) is 59.4 Å². The van der Waals surface area contributed by atoms with E-state index in [2.05, 4.69) is 33.0 Å². The Bertz CT molecular complexity index is 185. The second-order valence-corrected chi connectivity index (χ2v) is 6.23. The fourth-order valence-corrected chi connectivity index (χ4v) is 3.25. The molecule has 16 heavy (non-hydrogen) atoms. The highest BCUT2D eigenvalue weighted by atomic mass is 32.2. The van der Waals surface area contributed by atoms with Crippen LogP contribution in [0, 0.1) is 5.92 Å². The van der Waals surface area contributed by atoms with Gasteiger partial charge in [-0.1, -0.05) is 40.5 Å². The molecule has 0 heterocycles. The van der Waals surface area contributed by atoms with E-state index in [0.717, 1.165) is 43.7 Å². The van der Waals surface area contributed by atoms with E-state index in [1.807, 2.05) is 0 Å². The van der Waals surface area contributed by atoms with Crippen LogP contribution < -0.4 is 5.32 Å². The maximum Gasteiger partial charge on any atom is 0.0391 e. The standard InChI is InChI=1S/C13H29NOS/c1-5-8-10-16(15)11-13(12(4)7-3)14-9-6-2/h12-14H,5-11H2,1-4H3. The van der Waals surface area contributed by atoms with E-state index in [1.165, 1.54) is 0 Å². The summed E-state index contributed by atoms with van der Waals surface area (Å²) in [5, 5.41) is 3.53. The first-order chi connectivity index (χ1) is 7.65. The van der Waals surface area contributed by atoms with E-state index in [1.54, 1.807) is 0 Å². The van der Waals surface area contributed by atoms with E-state index in [-0.39, 0.29) is 0 Å². The average molecular weight is 247 g/mol. The van der Waals surface area contributed by atoms with E-state index in [4.69, 9.17) is 0 Å². The molecule has 1 N–H and O–H groups in total. The van der Waals surface area contributed by atoms with Gasteiger partial charge in [-0.05, 0) is 25.3 Å². The van der Waals surface area contributed by atoms with E-state index < -0.39 is 10.8 Å². The first-order valence-electron chi connectivity index (χ1n) is 6.73. The van der Waals surface area contributed by atoms with Crippen LogP contribution in [0.3, 0.4) is 0 Å². The van der Waals surface area contributed by atoms with Gasteiger partial charge < -0.3 is 5.32 Å². The molecule has 3 heteroatoms. The summed E-state index contributed by atoms with van der Waals surface area (Å²) >= 11 is 0. The molecule has 0 amide bonds. The molecule has 0 spiro atoms. The molecule has 0 fully saturated rings. The first-order valence-corrected chi connectivity index (χ1v) is 8.22. The Hall–Kier alpha value is 0.110. The molecule has 0 saturated carbocycles. The number of unbranched alkanes of at least 4 members (excludes halogenated alkanes) is 1. The van der Waals surface area contributed by atoms with Crippen molar-refractivity contribution in [1.29, 1.82) is 0 Å². The topological polar surface area (TPSA) is 29.1 Å². The Morgan fingerprint density at radius 1 is 1.19 bits per heavy atom. The van der Waals surface area contributed by atoms with Crippen molar-refractivity contribution in [3.8, 4) is 0 Å². The Labute approximate surface area is 104 Å². The molecule has 0 aliphatic heterocycles. The summed E-state index contributed by atoms with van der Waals surface area (Å²) < 4.78 is 11.9. The summed E-state index contributed by atoms with van der Waals surface area (Å²) in [5.41, 5.74) is 0. The van der Waals surface area contributed by atoms with Crippen LogP contribution in [0.5, 0.6) is 0 Å². The zero-order valence-corrected chi connectivity index (χ0v) is 12.2. The molecular formula is C13H29NOS. The monoisotopic (exact) mass is 247 g/mol. The Kier molecular flexibility index (Phi) is 10.3. The predicted molar refractivity (Wildman–Crippen MR) is 74.3 cm³/mol. The summed E-state index contributed by atoms with van der Waals surface area (Å²) in [6, 6.07) is 0.433. The number of rotatable bonds is 10. The minimum Gasteiger partial charge on any atom is -0.313 e. The normalized spacial score (nSPS) is 17.0. The average Bonchev–Trinajstić information content (AvgIpc) is 2.30. The van der Waals surface area contributed by atoms with E-state index in [9.17, 15) is 4.21 Å². The maximum absolute atomic E-state index is 11.9. The third-order valence-electron chi connectivity index (χ3n) is 3.08. The molecule has 0 rings (SSSR count). The van der Waals surface area contributed by atoms with Crippen LogP contribution in [0.4, 0.5) is 0 Å².